The molecule has 1 aromatic heterocycles. The van der Waals surface area contributed by atoms with E-state index in [-0.39, 0.29) is 11.6 Å². The molecule has 0 unspecified atom stereocenters. The molecule has 0 radical (unpaired) electrons. The molecule has 2 aromatic carbocycles. The molecule has 27 heavy (non-hydrogen) atoms. The van der Waals surface area contributed by atoms with Crippen LogP contribution in [0.2, 0.25) is 0 Å². The number of aromatic nitrogens is 2. The highest BCUT2D eigenvalue weighted by Crippen LogP contribution is 2.19. The highest BCUT2D eigenvalue weighted by atomic mass is 16.5. The van der Waals surface area contributed by atoms with Crippen molar-refractivity contribution in [2.75, 3.05) is 24.4 Å². The van der Waals surface area contributed by atoms with Crippen LogP contribution >= 0.6 is 0 Å². The number of benzene rings is 2. The van der Waals surface area contributed by atoms with Gasteiger partial charge in [-0.15, -0.1) is 10.2 Å². The summed E-state index contributed by atoms with van der Waals surface area (Å²) in [4.78, 5) is 12.3. The van der Waals surface area contributed by atoms with E-state index in [1.807, 2.05) is 31.2 Å². The molecule has 1 amide bonds. The van der Waals surface area contributed by atoms with E-state index in [0.717, 1.165) is 17.2 Å². The van der Waals surface area contributed by atoms with Crippen molar-refractivity contribution in [3.05, 3.63) is 66.4 Å². The lowest BCUT2D eigenvalue weighted by atomic mass is 10.2. The molecule has 0 atom stereocenters. The predicted molar refractivity (Wildman–Crippen MR) is 104 cm³/mol. The van der Waals surface area contributed by atoms with E-state index in [1.165, 1.54) is 0 Å². The van der Waals surface area contributed by atoms with Gasteiger partial charge >= 0.3 is 0 Å². The Morgan fingerprint density at radius 2 is 1.56 bits per heavy atom. The zero-order valence-corrected chi connectivity index (χ0v) is 15.1. The smallest absolute Gasteiger partial charge is 0.276 e. The van der Waals surface area contributed by atoms with Crippen molar-refractivity contribution in [3.63, 3.8) is 0 Å². The Morgan fingerprint density at radius 3 is 2.15 bits per heavy atom. The summed E-state index contributed by atoms with van der Waals surface area (Å²) in [6.45, 7) is 2.51. The predicted octanol–water partition coefficient (Wildman–Crippen LogP) is 3.88. The summed E-state index contributed by atoms with van der Waals surface area (Å²) in [7, 11) is 1.62. The maximum atomic E-state index is 12.3. The van der Waals surface area contributed by atoms with Crippen molar-refractivity contribution in [3.8, 4) is 11.5 Å². The van der Waals surface area contributed by atoms with Crippen LogP contribution in [0.4, 0.5) is 17.2 Å². The van der Waals surface area contributed by atoms with E-state index >= 15 is 0 Å². The van der Waals surface area contributed by atoms with Gasteiger partial charge in [0.1, 0.15) is 11.5 Å². The fourth-order valence-corrected chi connectivity index (χ4v) is 2.34. The summed E-state index contributed by atoms with van der Waals surface area (Å²) in [5, 5.41) is 13.9. The molecule has 0 saturated heterocycles. The third-order valence-electron chi connectivity index (χ3n) is 3.68. The van der Waals surface area contributed by atoms with Gasteiger partial charge in [-0.25, -0.2) is 0 Å². The topological polar surface area (TPSA) is 85.4 Å². The Hall–Kier alpha value is -3.61. The van der Waals surface area contributed by atoms with Gasteiger partial charge in [-0.2, -0.15) is 0 Å². The first-order chi connectivity index (χ1) is 13.2. The molecule has 7 nitrogen and oxygen atoms in total. The number of carbonyl (C=O) groups excluding carboxylic acids is 1. The summed E-state index contributed by atoms with van der Waals surface area (Å²) in [5.41, 5.74) is 1.73. The van der Waals surface area contributed by atoms with Gasteiger partial charge < -0.3 is 20.1 Å². The monoisotopic (exact) mass is 364 g/mol. The largest absolute Gasteiger partial charge is 0.497 e. The minimum Gasteiger partial charge on any atom is -0.497 e. The highest BCUT2D eigenvalue weighted by Gasteiger charge is 2.09. The van der Waals surface area contributed by atoms with Gasteiger partial charge in [-0.1, -0.05) is 0 Å². The Kier molecular flexibility index (Phi) is 5.84. The molecular weight excluding hydrogens is 344 g/mol. The van der Waals surface area contributed by atoms with Crippen LogP contribution < -0.4 is 20.1 Å². The lowest BCUT2D eigenvalue weighted by molar-refractivity contribution is 0.102. The lowest BCUT2D eigenvalue weighted by Crippen LogP contribution is -2.14. The first kappa shape index (κ1) is 18.2. The number of rotatable bonds is 7. The first-order valence-corrected chi connectivity index (χ1v) is 8.47. The fraction of sp³-hybridized carbons (Fsp3) is 0.150. The van der Waals surface area contributed by atoms with Gasteiger partial charge in [0.15, 0.2) is 11.5 Å². The molecule has 138 valence electrons. The van der Waals surface area contributed by atoms with E-state index in [1.54, 1.807) is 43.5 Å². The second-order valence-corrected chi connectivity index (χ2v) is 5.57. The number of nitrogens with one attached hydrogen (secondary N) is 2. The van der Waals surface area contributed by atoms with Gasteiger partial charge in [-0.05, 0) is 67.6 Å². The molecule has 0 bridgehead atoms. The van der Waals surface area contributed by atoms with Crippen molar-refractivity contribution in [1.82, 2.24) is 10.2 Å². The average molecular weight is 364 g/mol. The molecule has 1 heterocycles. The van der Waals surface area contributed by atoms with Crippen LogP contribution in [0.3, 0.4) is 0 Å². The molecule has 0 spiro atoms. The quantitative estimate of drug-likeness (QED) is 0.662. The molecule has 0 aliphatic carbocycles. The molecule has 3 rings (SSSR count). The zero-order chi connectivity index (χ0) is 19.1. The average Bonchev–Trinajstić information content (AvgIpc) is 2.71. The van der Waals surface area contributed by atoms with Crippen molar-refractivity contribution >= 4 is 23.1 Å². The fourth-order valence-electron chi connectivity index (χ4n) is 2.34. The van der Waals surface area contributed by atoms with E-state index in [2.05, 4.69) is 20.8 Å². The van der Waals surface area contributed by atoms with Crippen molar-refractivity contribution in [1.29, 1.82) is 0 Å². The second-order valence-electron chi connectivity index (χ2n) is 5.57. The summed E-state index contributed by atoms with van der Waals surface area (Å²) < 4.78 is 10.5. The van der Waals surface area contributed by atoms with Gasteiger partial charge in [-0.3, -0.25) is 4.79 Å². The third kappa shape index (κ3) is 4.94. The highest BCUT2D eigenvalue weighted by molar-refractivity contribution is 6.02. The van der Waals surface area contributed by atoms with Gasteiger partial charge in [0, 0.05) is 11.4 Å². The summed E-state index contributed by atoms with van der Waals surface area (Å²) >= 11 is 0. The number of nitrogens with zero attached hydrogens (tertiary/aromatic N) is 2. The van der Waals surface area contributed by atoms with Gasteiger partial charge in [0.2, 0.25) is 0 Å². The standard InChI is InChI=1S/C20H20N4O3/c1-3-27-17-10-6-15(7-11-17)22-20(25)18-12-13-19(24-23-18)21-14-4-8-16(26-2)9-5-14/h4-13H,3H2,1-2H3,(H,21,24)(H,22,25). The number of hydrogen-bond donors (Lipinski definition) is 2. The number of anilines is 3. The maximum absolute atomic E-state index is 12.3. The normalized spacial score (nSPS) is 10.1. The van der Waals surface area contributed by atoms with E-state index in [4.69, 9.17) is 9.47 Å². The second kappa shape index (κ2) is 8.66. The molecule has 0 aliphatic heterocycles. The number of hydrogen-bond acceptors (Lipinski definition) is 6. The Balaban J connectivity index is 1.60. The van der Waals surface area contributed by atoms with Gasteiger partial charge in [0.25, 0.3) is 5.91 Å². The van der Waals surface area contributed by atoms with Crippen LogP contribution in [0.1, 0.15) is 17.4 Å². The number of carbonyl (C=O) groups is 1. The Labute approximate surface area is 157 Å². The SMILES string of the molecule is CCOc1ccc(NC(=O)c2ccc(Nc3ccc(OC)cc3)nn2)cc1. The molecule has 0 fully saturated rings. The minimum absolute atomic E-state index is 0.226. The summed E-state index contributed by atoms with van der Waals surface area (Å²) in [6.07, 6.45) is 0. The first-order valence-electron chi connectivity index (χ1n) is 8.47. The van der Waals surface area contributed by atoms with Crippen molar-refractivity contribution < 1.29 is 14.3 Å². The number of ether oxygens (including phenoxy) is 2. The Bertz CT molecular complexity index is 879. The molecule has 7 heteroatoms. The van der Waals surface area contributed by atoms with Crippen LogP contribution in [0.15, 0.2) is 60.7 Å². The minimum atomic E-state index is -0.331. The summed E-state index contributed by atoms with van der Waals surface area (Å²) in [5.74, 6) is 1.73. The van der Waals surface area contributed by atoms with E-state index < -0.39 is 0 Å². The van der Waals surface area contributed by atoms with Crippen LogP contribution in [0.25, 0.3) is 0 Å². The van der Waals surface area contributed by atoms with E-state index in [9.17, 15) is 4.79 Å². The summed E-state index contributed by atoms with van der Waals surface area (Å²) in [6, 6.07) is 17.9. The molecular formula is C20H20N4O3. The number of amides is 1. The molecule has 0 saturated carbocycles. The zero-order valence-electron chi connectivity index (χ0n) is 15.1. The van der Waals surface area contributed by atoms with Crippen LogP contribution in [-0.2, 0) is 0 Å². The van der Waals surface area contributed by atoms with E-state index in [0.29, 0.717) is 18.1 Å². The molecule has 3 aromatic rings. The molecule has 0 aliphatic rings. The van der Waals surface area contributed by atoms with Crippen LogP contribution in [-0.4, -0.2) is 29.8 Å². The number of methoxy groups -OCH3 is 1. The lowest BCUT2D eigenvalue weighted by Gasteiger charge is -2.08. The van der Waals surface area contributed by atoms with Crippen molar-refractivity contribution in [2.24, 2.45) is 0 Å². The van der Waals surface area contributed by atoms with Gasteiger partial charge in [0.05, 0.1) is 13.7 Å². The third-order valence-corrected chi connectivity index (χ3v) is 3.68. The van der Waals surface area contributed by atoms with Crippen LogP contribution in [0, 0.1) is 0 Å². The maximum Gasteiger partial charge on any atom is 0.276 e. The van der Waals surface area contributed by atoms with Crippen LogP contribution in [0.5, 0.6) is 11.5 Å². The van der Waals surface area contributed by atoms with Crippen molar-refractivity contribution in [2.45, 2.75) is 6.92 Å². The Morgan fingerprint density at radius 1 is 0.889 bits per heavy atom. The molecule has 2 N–H and O–H groups in total.